The largest absolute Gasteiger partial charge is 0.314 e. The van der Waals surface area contributed by atoms with Crippen LogP contribution in [0, 0.1) is 5.92 Å². The van der Waals surface area contributed by atoms with Crippen molar-refractivity contribution in [2.45, 2.75) is 51.6 Å². The van der Waals surface area contributed by atoms with E-state index < -0.39 is 10.0 Å². The minimum absolute atomic E-state index is 0.158. The maximum absolute atomic E-state index is 11.1. The van der Waals surface area contributed by atoms with Crippen molar-refractivity contribution in [2.24, 2.45) is 5.92 Å². The van der Waals surface area contributed by atoms with Gasteiger partial charge in [-0.1, -0.05) is 13.8 Å². The molecule has 0 saturated heterocycles. The Balaban J connectivity index is 2.23. The van der Waals surface area contributed by atoms with Crippen molar-refractivity contribution in [1.29, 1.82) is 0 Å². The van der Waals surface area contributed by atoms with E-state index in [2.05, 4.69) is 23.9 Å². The van der Waals surface area contributed by atoms with Gasteiger partial charge in [0.05, 0.1) is 6.26 Å². The second kappa shape index (κ2) is 5.98. The molecule has 0 heterocycles. The van der Waals surface area contributed by atoms with Crippen molar-refractivity contribution in [3.05, 3.63) is 0 Å². The Hall–Kier alpha value is -0.130. The van der Waals surface area contributed by atoms with Gasteiger partial charge in [0.15, 0.2) is 0 Å². The van der Waals surface area contributed by atoms with E-state index in [0.717, 1.165) is 32.2 Å². The summed E-state index contributed by atoms with van der Waals surface area (Å²) >= 11 is 0. The third-order valence-electron chi connectivity index (χ3n) is 3.04. The Morgan fingerprint density at radius 1 is 1.19 bits per heavy atom. The standard InChI is InChI=1S/C11H24N2O2S/c1-9(2)12-8-10-4-6-11(7-5-10)13-16(3,14)15/h9-13H,4-8H2,1-3H3/t10-,11-. The molecular weight excluding hydrogens is 224 g/mol. The highest BCUT2D eigenvalue weighted by molar-refractivity contribution is 7.88. The van der Waals surface area contributed by atoms with Crippen molar-refractivity contribution in [2.75, 3.05) is 12.8 Å². The van der Waals surface area contributed by atoms with Crippen LogP contribution in [0.2, 0.25) is 0 Å². The van der Waals surface area contributed by atoms with Crippen LogP contribution in [0.1, 0.15) is 39.5 Å². The minimum Gasteiger partial charge on any atom is -0.314 e. The van der Waals surface area contributed by atoms with E-state index in [1.54, 1.807) is 0 Å². The summed E-state index contributed by atoms with van der Waals surface area (Å²) in [4.78, 5) is 0. The summed E-state index contributed by atoms with van der Waals surface area (Å²) in [7, 11) is -3.03. The first-order chi connectivity index (χ1) is 7.37. The molecule has 0 spiro atoms. The summed E-state index contributed by atoms with van der Waals surface area (Å²) in [5.74, 6) is 0.708. The van der Waals surface area contributed by atoms with Gasteiger partial charge in [-0.2, -0.15) is 0 Å². The van der Waals surface area contributed by atoms with Gasteiger partial charge in [-0.25, -0.2) is 13.1 Å². The van der Waals surface area contributed by atoms with Crippen molar-refractivity contribution < 1.29 is 8.42 Å². The molecule has 1 aliphatic rings. The first-order valence-electron chi connectivity index (χ1n) is 6.07. The molecular formula is C11H24N2O2S. The fraction of sp³-hybridized carbons (Fsp3) is 1.00. The van der Waals surface area contributed by atoms with Gasteiger partial charge in [0.2, 0.25) is 10.0 Å². The first kappa shape index (κ1) is 13.9. The number of rotatable bonds is 5. The van der Waals surface area contributed by atoms with Gasteiger partial charge in [-0.3, -0.25) is 0 Å². The monoisotopic (exact) mass is 248 g/mol. The fourth-order valence-electron chi connectivity index (χ4n) is 2.19. The zero-order valence-corrected chi connectivity index (χ0v) is 11.3. The Bertz CT molecular complexity index is 293. The van der Waals surface area contributed by atoms with Crippen LogP contribution in [0.15, 0.2) is 0 Å². The van der Waals surface area contributed by atoms with Crippen LogP contribution < -0.4 is 10.0 Å². The summed E-state index contributed by atoms with van der Waals surface area (Å²) in [6, 6.07) is 0.692. The maximum Gasteiger partial charge on any atom is 0.208 e. The summed E-state index contributed by atoms with van der Waals surface area (Å²) in [6.07, 6.45) is 5.41. The summed E-state index contributed by atoms with van der Waals surface area (Å²) in [5.41, 5.74) is 0. The van der Waals surface area contributed by atoms with Crippen LogP contribution >= 0.6 is 0 Å². The van der Waals surface area contributed by atoms with Crippen LogP contribution in [-0.2, 0) is 10.0 Å². The van der Waals surface area contributed by atoms with Crippen molar-refractivity contribution in [1.82, 2.24) is 10.0 Å². The van der Waals surface area contributed by atoms with Gasteiger partial charge < -0.3 is 5.32 Å². The lowest BCUT2D eigenvalue weighted by Gasteiger charge is -2.29. The molecule has 1 aliphatic carbocycles. The van der Waals surface area contributed by atoms with Gasteiger partial charge in [0.25, 0.3) is 0 Å². The molecule has 1 fully saturated rings. The topological polar surface area (TPSA) is 58.2 Å². The van der Waals surface area contributed by atoms with Crippen LogP contribution in [0.5, 0.6) is 0 Å². The summed E-state index contributed by atoms with van der Waals surface area (Å²) in [5, 5.41) is 3.44. The van der Waals surface area contributed by atoms with E-state index in [-0.39, 0.29) is 6.04 Å². The highest BCUT2D eigenvalue weighted by atomic mass is 32.2. The lowest BCUT2D eigenvalue weighted by molar-refractivity contribution is 0.297. The zero-order chi connectivity index (χ0) is 12.2. The van der Waals surface area contributed by atoms with Gasteiger partial charge in [0, 0.05) is 12.1 Å². The Morgan fingerprint density at radius 3 is 2.19 bits per heavy atom. The van der Waals surface area contributed by atoms with E-state index in [9.17, 15) is 8.42 Å². The van der Waals surface area contributed by atoms with E-state index in [1.165, 1.54) is 6.26 Å². The van der Waals surface area contributed by atoms with Crippen LogP contribution in [0.25, 0.3) is 0 Å². The first-order valence-corrected chi connectivity index (χ1v) is 7.96. The van der Waals surface area contributed by atoms with E-state index in [1.807, 2.05) is 0 Å². The molecule has 0 amide bonds. The Labute approximate surface area is 99.2 Å². The molecule has 4 nitrogen and oxygen atoms in total. The van der Waals surface area contributed by atoms with E-state index in [4.69, 9.17) is 0 Å². The molecule has 16 heavy (non-hydrogen) atoms. The van der Waals surface area contributed by atoms with Crippen LogP contribution in [-0.4, -0.2) is 33.3 Å². The van der Waals surface area contributed by atoms with Crippen LogP contribution in [0.4, 0.5) is 0 Å². The molecule has 0 atom stereocenters. The maximum atomic E-state index is 11.1. The molecule has 96 valence electrons. The van der Waals surface area contributed by atoms with Gasteiger partial charge in [0.1, 0.15) is 0 Å². The average molecular weight is 248 g/mol. The summed E-state index contributed by atoms with van der Waals surface area (Å²) in [6.45, 7) is 5.36. The number of hydrogen-bond acceptors (Lipinski definition) is 3. The van der Waals surface area contributed by atoms with E-state index >= 15 is 0 Å². The van der Waals surface area contributed by atoms with E-state index in [0.29, 0.717) is 12.0 Å². The second-order valence-electron chi connectivity index (χ2n) is 5.17. The summed E-state index contributed by atoms with van der Waals surface area (Å²) < 4.78 is 24.8. The Kier molecular flexibility index (Phi) is 5.21. The molecule has 0 bridgehead atoms. The van der Waals surface area contributed by atoms with Crippen molar-refractivity contribution >= 4 is 10.0 Å². The fourth-order valence-corrected chi connectivity index (χ4v) is 3.03. The molecule has 5 heteroatoms. The highest BCUT2D eigenvalue weighted by Gasteiger charge is 2.22. The number of sulfonamides is 1. The van der Waals surface area contributed by atoms with Gasteiger partial charge in [-0.15, -0.1) is 0 Å². The molecule has 1 rings (SSSR count). The van der Waals surface area contributed by atoms with Crippen molar-refractivity contribution in [3.63, 3.8) is 0 Å². The smallest absolute Gasteiger partial charge is 0.208 e. The van der Waals surface area contributed by atoms with Crippen LogP contribution in [0.3, 0.4) is 0 Å². The third kappa shape index (κ3) is 5.82. The average Bonchev–Trinajstić information content (AvgIpc) is 2.14. The lowest BCUT2D eigenvalue weighted by Crippen LogP contribution is -2.39. The second-order valence-corrected chi connectivity index (χ2v) is 6.95. The minimum atomic E-state index is -3.03. The molecule has 2 N–H and O–H groups in total. The SMILES string of the molecule is CC(C)NC[C@H]1CC[C@H](NS(C)(=O)=O)CC1. The Morgan fingerprint density at radius 2 is 1.75 bits per heavy atom. The lowest BCUT2D eigenvalue weighted by atomic mass is 9.86. The van der Waals surface area contributed by atoms with Crippen molar-refractivity contribution in [3.8, 4) is 0 Å². The predicted octanol–water partition coefficient (Wildman–Crippen LogP) is 1.09. The van der Waals surface area contributed by atoms with Gasteiger partial charge in [-0.05, 0) is 38.1 Å². The molecule has 0 aromatic rings. The van der Waals surface area contributed by atoms with Gasteiger partial charge >= 0.3 is 0 Å². The zero-order valence-electron chi connectivity index (χ0n) is 10.5. The molecule has 0 aromatic heterocycles. The third-order valence-corrected chi connectivity index (χ3v) is 3.80. The number of hydrogen-bond donors (Lipinski definition) is 2. The quantitative estimate of drug-likeness (QED) is 0.766. The molecule has 0 unspecified atom stereocenters. The number of nitrogens with one attached hydrogen (secondary N) is 2. The molecule has 1 saturated carbocycles. The normalized spacial score (nSPS) is 27.2. The molecule has 0 radical (unpaired) electrons. The molecule has 0 aromatic carbocycles. The molecule has 0 aliphatic heterocycles. The predicted molar refractivity (Wildman–Crippen MR) is 66.9 cm³/mol. The highest BCUT2D eigenvalue weighted by Crippen LogP contribution is 2.24.